The van der Waals surface area contributed by atoms with Gasteiger partial charge in [0.1, 0.15) is 0 Å². The van der Waals surface area contributed by atoms with Crippen LogP contribution >= 0.6 is 35.7 Å². The van der Waals surface area contributed by atoms with Gasteiger partial charge in [0.25, 0.3) is 5.91 Å². The summed E-state index contributed by atoms with van der Waals surface area (Å²) in [5.41, 5.74) is 12.4. The first-order chi connectivity index (χ1) is 11.1. The third kappa shape index (κ3) is 6.56. The number of nitrogens with one attached hydrogen (secondary N) is 1. The van der Waals surface area contributed by atoms with Gasteiger partial charge in [0.2, 0.25) is 5.91 Å². The maximum atomic E-state index is 11.8. The second-order valence-corrected chi connectivity index (χ2v) is 6.34. The maximum Gasteiger partial charge on any atom is 0.251 e. The number of nitrogens with two attached hydrogens (primary N) is 2. The van der Waals surface area contributed by atoms with Crippen molar-refractivity contribution >= 4 is 53.5 Å². The molecule has 1 aromatic carbocycles. The summed E-state index contributed by atoms with van der Waals surface area (Å²) in [6, 6.07) is 7.02. The van der Waals surface area contributed by atoms with E-state index in [-0.39, 0.29) is 36.4 Å². The van der Waals surface area contributed by atoms with Crippen LogP contribution in [0.25, 0.3) is 0 Å². The summed E-state index contributed by atoms with van der Waals surface area (Å²) in [5, 5.41) is 2.44. The van der Waals surface area contributed by atoms with E-state index < -0.39 is 5.91 Å². The zero-order valence-corrected chi connectivity index (χ0v) is 16.4. The summed E-state index contributed by atoms with van der Waals surface area (Å²) in [4.78, 5) is 28.9. The van der Waals surface area contributed by atoms with E-state index in [0.717, 1.165) is 30.2 Å². The molecule has 0 unspecified atom stereocenters. The molecule has 24 heavy (non-hydrogen) atoms. The van der Waals surface area contributed by atoms with Gasteiger partial charge in [-0.05, 0) is 17.7 Å². The number of hydrogen-bond acceptors (Lipinski definition) is 4. The highest BCUT2D eigenvalue weighted by Gasteiger charge is 2.12. The van der Waals surface area contributed by atoms with E-state index >= 15 is 0 Å². The molecule has 0 saturated carbocycles. The minimum absolute atomic E-state index is 0. The molecule has 1 aromatic rings. The molecule has 7 nitrogen and oxygen atoms in total. The molecule has 0 aromatic heterocycles. The fourth-order valence-corrected chi connectivity index (χ4v) is 3.00. The van der Waals surface area contributed by atoms with Gasteiger partial charge in [-0.3, -0.25) is 9.59 Å². The van der Waals surface area contributed by atoms with Crippen molar-refractivity contribution in [3.05, 3.63) is 35.4 Å². The standard InChI is InChI=1S/C15H21N5O2S.HI/c16-13(21)10-18-14(22)12-3-1-11(2-4-12)9-19-15(17)20-5-7-23-8-6-20;/h1-4H,5-10H2,(H2,16,21)(H2,17,19)(H,18,22);1H. The topological polar surface area (TPSA) is 114 Å². The number of nitrogens with zero attached hydrogens (tertiary/aromatic N) is 2. The average Bonchev–Trinajstić information content (AvgIpc) is 2.58. The van der Waals surface area contributed by atoms with Crippen molar-refractivity contribution in [2.24, 2.45) is 16.5 Å². The van der Waals surface area contributed by atoms with E-state index in [4.69, 9.17) is 11.5 Å². The van der Waals surface area contributed by atoms with Crippen LogP contribution in [-0.2, 0) is 11.3 Å². The molecule has 0 atom stereocenters. The SMILES string of the molecule is I.NC(=O)CNC(=O)c1ccc(CN=C(N)N2CCSCC2)cc1. The second-order valence-electron chi connectivity index (χ2n) is 5.12. The Morgan fingerprint density at radius 3 is 2.38 bits per heavy atom. The van der Waals surface area contributed by atoms with Crippen molar-refractivity contribution in [3.63, 3.8) is 0 Å². The first-order valence-electron chi connectivity index (χ1n) is 7.34. The first-order valence-corrected chi connectivity index (χ1v) is 8.50. The van der Waals surface area contributed by atoms with Crippen molar-refractivity contribution in [1.82, 2.24) is 10.2 Å². The minimum atomic E-state index is -0.573. The Morgan fingerprint density at radius 1 is 1.17 bits per heavy atom. The monoisotopic (exact) mass is 463 g/mol. The molecule has 1 aliphatic heterocycles. The highest BCUT2D eigenvalue weighted by atomic mass is 127. The van der Waals surface area contributed by atoms with Gasteiger partial charge in [-0.25, -0.2) is 4.99 Å². The van der Waals surface area contributed by atoms with E-state index in [1.807, 2.05) is 23.9 Å². The predicted molar refractivity (Wildman–Crippen MR) is 108 cm³/mol. The van der Waals surface area contributed by atoms with Gasteiger partial charge in [0.05, 0.1) is 13.1 Å². The van der Waals surface area contributed by atoms with Gasteiger partial charge < -0.3 is 21.7 Å². The average molecular weight is 463 g/mol. The number of primary amides is 1. The molecule has 0 spiro atoms. The second kappa shape index (κ2) is 10.4. The molecule has 1 heterocycles. The third-order valence-electron chi connectivity index (χ3n) is 3.40. The molecule has 2 rings (SSSR count). The van der Waals surface area contributed by atoms with E-state index in [0.29, 0.717) is 18.1 Å². The highest BCUT2D eigenvalue weighted by Crippen LogP contribution is 2.10. The van der Waals surface area contributed by atoms with Crippen molar-refractivity contribution in [1.29, 1.82) is 0 Å². The lowest BCUT2D eigenvalue weighted by Gasteiger charge is -2.27. The van der Waals surface area contributed by atoms with E-state index in [9.17, 15) is 9.59 Å². The fraction of sp³-hybridized carbons (Fsp3) is 0.400. The van der Waals surface area contributed by atoms with Gasteiger partial charge >= 0.3 is 0 Å². The quantitative estimate of drug-likeness (QED) is 0.332. The smallest absolute Gasteiger partial charge is 0.251 e. The number of guanidine groups is 1. The van der Waals surface area contributed by atoms with Crippen molar-refractivity contribution < 1.29 is 9.59 Å². The van der Waals surface area contributed by atoms with Crippen LogP contribution in [0.2, 0.25) is 0 Å². The van der Waals surface area contributed by atoms with Gasteiger partial charge in [0, 0.05) is 30.2 Å². The van der Waals surface area contributed by atoms with Crippen LogP contribution in [0.5, 0.6) is 0 Å². The lowest BCUT2D eigenvalue weighted by molar-refractivity contribution is -0.117. The van der Waals surface area contributed by atoms with Crippen LogP contribution in [0.1, 0.15) is 15.9 Å². The zero-order valence-electron chi connectivity index (χ0n) is 13.2. The van der Waals surface area contributed by atoms with Gasteiger partial charge in [-0.1, -0.05) is 12.1 Å². The molecular formula is C15H22IN5O2S. The summed E-state index contributed by atoms with van der Waals surface area (Å²) in [6.07, 6.45) is 0. The number of hydrogen-bond donors (Lipinski definition) is 3. The summed E-state index contributed by atoms with van der Waals surface area (Å²) in [5.74, 6) is 1.81. The van der Waals surface area contributed by atoms with Crippen molar-refractivity contribution in [2.75, 3.05) is 31.1 Å². The van der Waals surface area contributed by atoms with Crippen LogP contribution in [0.4, 0.5) is 0 Å². The molecular weight excluding hydrogens is 441 g/mol. The Bertz CT molecular complexity index is 588. The van der Waals surface area contributed by atoms with Gasteiger partial charge in [0.15, 0.2) is 5.96 Å². The fourth-order valence-electron chi connectivity index (χ4n) is 2.10. The molecule has 132 valence electrons. The summed E-state index contributed by atoms with van der Waals surface area (Å²) >= 11 is 1.92. The Hall–Kier alpha value is -1.49. The van der Waals surface area contributed by atoms with Gasteiger partial charge in [-0.15, -0.1) is 24.0 Å². The number of halogens is 1. The van der Waals surface area contributed by atoms with E-state index in [2.05, 4.69) is 15.2 Å². The number of rotatable bonds is 5. The van der Waals surface area contributed by atoms with Crippen LogP contribution < -0.4 is 16.8 Å². The van der Waals surface area contributed by atoms with Crippen LogP contribution in [-0.4, -0.2) is 53.8 Å². The molecule has 0 bridgehead atoms. The Kier molecular flexibility index (Phi) is 8.90. The molecule has 1 saturated heterocycles. The molecule has 2 amide bonds. The number of carbonyl (C=O) groups excluding carboxylic acids is 2. The third-order valence-corrected chi connectivity index (χ3v) is 4.34. The molecule has 5 N–H and O–H groups in total. The molecule has 9 heteroatoms. The highest BCUT2D eigenvalue weighted by molar-refractivity contribution is 14.0. The molecule has 0 aliphatic carbocycles. The number of benzene rings is 1. The van der Waals surface area contributed by atoms with E-state index in [1.165, 1.54) is 0 Å². The lowest BCUT2D eigenvalue weighted by atomic mass is 10.1. The first kappa shape index (κ1) is 20.6. The minimum Gasteiger partial charge on any atom is -0.370 e. The summed E-state index contributed by atoms with van der Waals surface area (Å²) in [6.45, 7) is 2.16. The van der Waals surface area contributed by atoms with E-state index in [1.54, 1.807) is 12.1 Å². The summed E-state index contributed by atoms with van der Waals surface area (Å²) < 4.78 is 0. The zero-order chi connectivity index (χ0) is 16.7. The Balaban J connectivity index is 0.00000288. The van der Waals surface area contributed by atoms with Crippen LogP contribution in [0, 0.1) is 0 Å². The number of aliphatic imine (C=N–C) groups is 1. The Morgan fingerprint density at radius 2 is 1.79 bits per heavy atom. The van der Waals surface area contributed by atoms with Crippen LogP contribution in [0.15, 0.2) is 29.3 Å². The lowest BCUT2D eigenvalue weighted by Crippen LogP contribution is -2.42. The number of carbonyl (C=O) groups is 2. The van der Waals surface area contributed by atoms with Crippen LogP contribution in [0.3, 0.4) is 0 Å². The Labute approximate surface area is 162 Å². The van der Waals surface area contributed by atoms with Gasteiger partial charge in [-0.2, -0.15) is 11.8 Å². The number of thioether (sulfide) groups is 1. The summed E-state index contributed by atoms with van der Waals surface area (Å²) in [7, 11) is 0. The molecule has 0 radical (unpaired) electrons. The molecule has 1 aliphatic rings. The van der Waals surface area contributed by atoms with Crippen molar-refractivity contribution in [2.45, 2.75) is 6.54 Å². The maximum absolute atomic E-state index is 11.8. The molecule has 1 fully saturated rings. The number of amides is 2. The predicted octanol–water partition coefficient (Wildman–Crippen LogP) is 0.383. The normalized spacial score (nSPS) is 14.7. The van der Waals surface area contributed by atoms with Crippen molar-refractivity contribution in [3.8, 4) is 0 Å². The largest absolute Gasteiger partial charge is 0.370 e.